The van der Waals surface area contributed by atoms with E-state index < -0.39 is 0 Å². The minimum Gasteiger partial charge on any atom is -0.455 e. The van der Waals surface area contributed by atoms with Gasteiger partial charge in [-0.15, -0.1) is 0 Å². The summed E-state index contributed by atoms with van der Waals surface area (Å²) in [6.07, 6.45) is 0. The fraction of sp³-hybridized carbons (Fsp3) is 0.206. The lowest BCUT2D eigenvalue weighted by Crippen LogP contribution is -2.24. The number of aryl methyl sites for hydroxylation is 1. The van der Waals surface area contributed by atoms with Crippen LogP contribution in [0, 0.1) is 6.92 Å². The molecular formula is C68H57NO2. The Hall–Kier alpha value is -7.62. The molecule has 0 bridgehead atoms. The average molecular weight is 920 g/mol. The van der Waals surface area contributed by atoms with Crippen molar-refractivity contribution in [2.24, 2.45) is 0 Å². The maximum atomic E-state index is 6.99. The molecule has 0 N–H and O–H groups in total. The number of hydrogen-bond acceptors (Lipinski definition) is 3. The summed E-state index contributed by atoms with van der Waals surface area (Å²) in [5.74, 6) is 0. The van der Waals surface area contributed by atoms with E-state index in [9.17, 15) is 0 Å². The van der Waals surface area contributed by atoms with Crippen LogP contribution in [0.3, 0.4) is 0 Å². The molecule has 0 aliphatic heterocycles. The summed E-state index contributed by atoms with van der Waals surface area (Å²) in [6, 6.07) is 61.1. The van der Waals surface area contributed by atoms with E-state index in [1.807, 2.05) is 0 Å². The van der Waals surface area contributed by atoms with E-state index in [2.05, 4.69) is 238 Å². The van der Waals surface area contributed by atoms with Crippen molar-refractivity contribution in [1.29, 1.82) is 0 Å². The molecule has 0 saturated carbocycles. The molecule has 0 amide bonds. The quantitative estimate of drug-likeness (QED) is 0.176. The van der Waals surface area contributed by atoms with Crippen molar-refractivity contribution in [3.63, 3.8) is 0 Å². The first kappa shape index (κ1) is 42.3. The van der Waals surface area contributed by atoms with Crippen LogP contribution in [-0.4, -0.2) is 0 Å². The summed E-state index contributed by atoms with van der Waals surface area (Å²) in [7, 11) is 0. The molecule has 2 heterocycles. The zero-order valence-corrected chi connectivity index (χ0v) is 42.4. The third-order valence-electron chi connectivity index (χ3n) is 17.0. The summed E-state index contributed by atoms with van der Waals surface area (Å²) in [5.41, 5.74) is 27.1. The van der Waals surface area contributed by atoms with E-state index >= 15 is 0 Å². The summed E-state index contributed by atoms with van der Waals surface area (Å²) in [5, 5.41) is 4.75. The van der Waals surface area contributed by atoms with Crippen molar-refractivity contribution in [1.82, 2.24) is 0 Å². The van der Waals surface area contributed by atoms with Gasteiger partial charge in [-0.25, -0.2) is 0 Å². The predicted molar refractivity (Wildman–Crippen MR) is 297 cm³/mol. The summed E-state index contributed by atoms with van der Waals surface area (Å²) in [4.78, 5) is 2.49. The van der Waals surface area contributed by atoms with Gasteiger partial charge >= 0.3 is 0 Å². The summed E-state index contributed by atoms with van der Waals surface area (Å²) >= 11 is 0. The van der Waals surface area contributed by atoms with Crippen LogP contribution in [0.2, 0.25) is 0 Å². The fourth-order valence-corrected chi connectivity index (χ4v) is 13.7. The molecule has 346 valence electrons. The van der Waals surface area contributed by atoms with Gasteiger partial charge in [0.2, 0.25) is 0 Å². The van der Waals surface area contributed by atoms with E-state index in [4.69, 9.17) is 8.83 Å². The van der Waals surface area contributed by atoms with Crippen molar-refractivity contribution in [3.8, 4) is 44.5 Å². The molecule has 71 heavy (non-hydrogen) atoms. The predicted octanol–water partition coefficient (Wildman–Crippen LogP) is 19.1. The summed E-state index contributed by atoms with van der Waals surface area (Å²) in [6.45, 7) is 23.7. The second-order valence-electron chi connectivity index (χ2n) is 23.3. The number of rotatable bonds is 4. The summed E-state index contributed by atoms with van der Waals surface area (Å²) < 4.78 is 14.0. The number of benzene rings is 9. The van der Waals surface area contributed by atoms with E-state index in [1.165, 1.54) is 99.6 Å². The Morgan fingerprint density at radius 3 is 1.59 bits per heavy atom. The maximum absolute atomic E-state index is 6.99. The smallest absolute Gasteiger partial charge is 0.144 e. The molecule has 3 aliphatic rings. The highest BCUT2D eigenvalue weighted by Gasteiger charge is 2.49. The van der Waals surface area contributed by atoms with Crippen LogP contribution in [0.5, 0.6) is 0 Å². The van der Waals surface area contributed by atoms with Crippen LogP contribution >= 0.6 is 0 Å². The Kier molecular flexibility index (Phi) is 8.36. The third-order valence-corrected chi connectivity index (χ3v) is 17.0. The molecule has 0 unspecified atom stereocenters. The maximum Gasteiger partial charge on any atom is 0.144 e. The molecule has 0 spiro atoms. The second kappa shape index (κ2) is 14.0. The third kappa shape index (κ3) is 5.55. The number of furan rings is 2. The SMILES string of the molecule is Cc1cccc(N(c2ccc3c(c2)C(C)(C)c2cc(-c4ccccc4C(C)(C)C)c4oc5ccccc5c4c2-3)c2ccc3c(c2)C(C)(C)c2c4c(c5oc6ccccc6c5c2-3)-c2ccccc2C4(C)C)c1. The van der Waals surface area contributed by atoms with Gasteiger partial charge in [-0.3, -0.25) is 0 Å². The van der Waals surface area contributed by atoms with E-state index in [1.54, 1.807) is 0 Å². The van der Waals surface area contributed by atoms with Gasteiger partial charge in [0.05, 0.1) is 0 Å². The van der Waals surface area contributed by atoms with Crippen molar-refractivity contribution in [2.45, 2.75) is 90.9 Å². The first-order valence-corrected chi connectivity index (χ1v) is 25.4. The molecule has 9 aromatic carbocycles. The molecule has 0 saturated heterocycles. The van der Waals surface area contributed by atoms with Gasteiger partial charge < -0.3 is 13.7 Å². The minimum absolute atomic E-state index is 0.0571. The number of fused-ring (bicyclic) bond motifs is 19. The van der Waals surface area contributed by atoms with E-state index in [-0.39, 0.29) is 21.7 Å². The molecule has 3 heteroatoms. The number of anilines is 3. The van der Waals surface area contributed by atoms with Crippen LogP contribution < -0.4 is 4.90 Å². The van der Waals surface area contributed by atoms with Gasteiger partial charge in [-0.05, 0) is 145 Å². The Balaban J connectivity index is 0.985. The lowest BCUT2D eigenvalue weighted by molar-refractivity contribution is 0.591. The van der Waals surface area contributed by atoms with Gasteiger partial charge in [0, 0.05) is 66.0 Å². The Morgan fingerprint density at radius 1 is 0.394 bits per heavy atom. The molecule has 3 aliphatic carbocycles. The van der Waals surface area contributed by atoms with Crippen molar-refractivity contribution in [2.75, 3.05) is 4.90 Å². The van der Waals surface area contributed by atoms with Crippen molar-refractivity contribution < 1.29 is 8.83 Å². The normalized spacial score (nSPS) is 15.5. The number of nitrogens with zero attached hydrogens (tertiary/aromatic N) is 1. The molecule has 2 aromatic heterocycles. The highest BCUT2D eigenvalue weighted by atomic mass is 16.3. The van der Waals surface area contributed by atoms with Gasteiger partial charge in [0.25, 0.3) is 0 Å². The Labute approximate surface area is 416 Å². The largest absolute Gasteiger partial charge is 0.455 e. The van der Waals surface area contributed by atoms with Gasteiger partial charge in [0.15, 0.2) is 0 Å². The highest BCUT2D eigenvalue weighted by molar-refractivity contribution is 6.21. The van der Waals surface area contributed by atoms with Crippen molar-refractivity contribution >= 4 is 60.9 Å². The Bertz CT molecular complexity index is 4140. The van der Waals surface area contributed by atoms with E-state index in [0.717, 1.165) is 50.3 Å². The van der Waals surface area contributed by atoms with Crippen LogP contribution in [0.25, 0.3) is 88.4 Å². The first-order valence-electron chi connectivity index (χ1n) is 25.4. The second-order valence-corrected chi connectivity index (χ2v) is 23.3. The van der Waals surface area contributed by atoms with Crippen LogP contribution in [-0.2, 0) is 21.7 Å². The number of para-hydroxylation sites is 2. The monoisotopic (exact) mass is 919 g/mol. The fourth-order valence-electron chi connectivity index (χ4n) is 13.7. The standard InChI is InChI=1S/C68H57NO2/c1-38-20-19-21-39(34-38)69(40-30-32-44-51(35-40)66(5,6)53-37-48(42-22-11-15-26-49(42)65(2,3)4)63-58(56(44)53)46-24-13-17-28-54(46)70-63)41-31-33-45-52(36-41)68(9,10)61-57(45)59-47-25-14-18-29-55(47)71-64(59)60-43-23-12-16-27-50(43)67(7,8)62(60)61/h11-37H,1-10H3. The van der Waals surface area contributed by atoms with Crippen LogP contribution in [0.1, 0.15) is 107 Å². The van der Waals surface area contributed by atoms with Gasteiger partial charge in [-0.2, -0.15) is 0 Å². The minimum atomic E-state index is -0.321. The zero-order valence-electron chi connectivity index (χ0n) is 42.4. The molecule has 11 aromatic rings. The molecule has 3 nitrogen and oxygen atoms in total. The molecule has 0 radical (unpaired) electrons. The number of hydrogen-bond donors (Lipinski definition) is 0. The zero-order chi connectivity index (χ0) is 48.7. The van der Waals surface area contributed by atoms with Gasteiger partial charge in [0.1, 0.15) is 22.3 Å². The van der Waals surface area contributed by atoms with Gasteiger partial charge in [-0.1, -0.05) is 172 Å². The first-order chi connectivity index (χ1) is 34.0. The average Bonchev–Trinajstić information content (AvgIpc) is 4.11. The van der Waals surface area contributed by atoms with Crippen LogP contribution in [0.4, 0.5) is 17.1 Å². The topological polar surface area (TPSA) is 29.5 Å². The lowest BCUT2D eigenvalue weighted by atomic mass is 9.72. The molecular weight excluding hydrogens is 863 g/mol. The van der Waals surface area contributed by atoms with E-state index in [0.29, 0.717) is 0 Å². The van der Waals surface area contributed by atoms with Crippen LogP contribution in [0.15, 0.2) is 173 Å². The lowest BCUT2D eigenvalue weighted by Gasteiger charge is -2.32. The van der Waals surface area contributed by atoms with Crippen molar-refractivity contribution in [3.05, 3.63) is 208 Å². The Morgan fingerprint density at radius 2 is 0.915 bits per heavy atom. The highest BCUT2D eigenvalue weighted by Crippen LogP contribution is 2.64. The molecule has 0 fully saturated rings. The molecule has 14 rings (SSSR count). The molecule has 0 atom stereocenters.